The quantitative estimate of drug-likeness (QED) is 0.845. The minimum Gasteiger partial charge on any atom is -0.354 e. The van der Waals surface area contributed by atoms with Crippen LogP contribution in [0.2, 0.25) is 5.02 Å². The molecule has 2 aromatic rings. The number of nitrogens with zero attached hydrogens (tertiary/aromatic N) is 2. The van der Waals surface area contributed by atoms with Crippen molar-refractivity contribution in [3.8, 4) is 11.4 Å². The normalized spacial score (nSPS) is 12.1. The predicted molar refractivity (Wildman–Crippen MR) is 85.6 cm³/mol. The SMILES string of the molecule is CCCC(C)NC(=O)CCc1nc(-c2cccc(Cl)c2)no1. The van der Waals surface area contributed by atoms with Gasteiger partial charge in [0, 0.05) is 29.5 Å². The summed E-state index contributed by atoms with van der Waals surface area (Å²) in [6.07, 6.45) is 2.79. The Kier molecular flexibility index (Phi) is 5.95. The molecule has 0 saturated heterocycles. The molecule has 1 unspecified atom stereocenters. The fourth-order valence-corrected chi connectivity index (χ4v) is 2.36. The number of hydrogen-bond acceptors (Lipinski definition) is 4. The molecule has 6 heteroatoms. The lowest BCUT2D eigenvalue weighted by Gasteiger charge is -2.11. The molecule has 0 aliphatic heterocycles. The minimum absolute atomic E-state index is 0.00320. The van der Waals surface area contributed by atoms with Crippen LogP contribution >= 0.6 is 11.6 Å². The third-order valence-electron chi connectivity index (χ3n) is 3.25. The number of hydrogen-bond donors (Lipinski definition) is 1. The number of rotatable bonds is 7. The van der Waals surface area contributed by atoms with E-state index in [0.29, 0.717) is 29.6 Å². The van der Waals surface area contributed by atoms with E-state index in [2.05, 4.69) is 22.4 Å². The van der Waals surface area contributed by atoms with Crippen LogP contribution in [0.25, 0.3) is 11.4 Å². The highest BCUT2D eigenvalue weighted by Gasteiger charge is 2.12. The van der Waals surface area contributed by atoms with Gasteiger partial charge in [-0.05, 0) is 25.5 Å². The Bertz CT molecular complexity index is 627. The van der Waals surface area contributed by atoms with Gasteiger partial charge in [-0.1, -0.05) is 42.2 Å². The van der Waals surface area contributed by atoms with Crippen molar-refractivity contribution in [3.05, 3.63) is 35.2 Å². The Morgan fingerprint density at radius 1 is 1.45 bits per heavy atom. The molecule has 0 fully saturated rings. The lowest BCUT2D eigenvalue weighted by atomic mass is 10.2. The average Bonchev–Trinajstić information content (AvgIpc) is 2.94. The summed E-state index contributed by atoms with van der Waals surface area (Å²) in [6, 6.07) is 7.45. The van der Waals surface area contributed by atoms with E-state index in [4.69, 9.17) is 16.1 Å². The Morgan fingerprint density at radius 3 is 3.00 bits per heavy atom. The van der Waals surface area contributed by atoms with Gasteiger partial charge in [-0.15, -0.1) is 0 Å². The van der Waals surface area contributed by atoms with E-state index in [-0.39, 0.29) is 11.9 Å². The van der Waals surface area contributed by atoms with Crippen molar-refractivity contribution in [2.24, 2.45) is 0 Å². The van der Waals surface area contributed by atoms with E-state index in [1.165, 1.54) is 0 Å². The summed E-state index contributed by atoms with van der Waals surface area (Å²) < 4.78 is 5.18. The van der Waals surface area contributed by atoms with Gasteiger partial charge >= 0.3 is 0 Å². The first-order valence-corrected chi connectivity index (χ1v) is 7.84. The molecular formula is C16H20ClN3O2. The molecule has 22 heavy (non-hydrogen) atoms. The number of carbonyl (C=O) groups excluding carboxylic acids is 1. The van der Waals surface area contributed by atoms with E-state index in [1.54, 1.807) is 12.1 Å². The highest BCUT2D eigenvalue weighted by Crippen LogP contribution is 2.20. The van der Waals surface area contributed by atoms with Gasteiger partial charge in [0.15, 0.2) is 0 Å². The summed E-state index contributed by atoms with van der Waals surface area (Å²) in [4.78, 5) is 16.1. The summed E-state index contributed by atoms with van der Waals surface area (Å²) in [5.41, 5.74) is 0.795. The van der Waals surface area contributed by atoms with Gasteiger partial charge in [-0.3, -0.25) is 4.79 Å². The third-order valence-corrected chi connectivity index (χ3v) is 3.48. The van der Waals surface area contributed by atoms with Crippen LogP contribution in [0, 0.1) is 0 Å². The standard InChI is InChI=1S/C16H20ClN3O2/c1-3-5-11(2)18-14(21)8-9-15-19-16(20-22-15)12-6-4-7-13(17)10-12/h4,6-7,10-11H,3,5,8-9H2,1-2H3,(H,18,21). The molecule has 1 N–H and O–H groups in total. The molecule has 2 rings (SSSR count). The van der Waals surface area contributed by atoms with E-state index < -0.39 is 0 Å². The zero-order valence-corrected chi connectivity index (χ0v) is 13.6. The Hall–Kier alpha value is -1.88. The first kappa shape index (κ1) is 16.5. The molecular weight excluding hydrogens is 302 g/mol. The van der Waals surface area contributed by atoms with Gasteiger partial charge in [0.1, 0.15) is 0 Å². The lowest BCUT2D eigenvalue weighted by molar-refractivity contribution is -0.121. The maximum absolute atomic E-state index is 11.8. The summed E-state index contributed by atoms with van der Waals surface area (Å²) in [5, 5.41) is 7.49. The van der Waals surface area contributed by atoms with Gasteiger partial charge in [-0.2, -0.15) is 4.98 Å². The third kappa shape index (κ3) is 4.84. The number of nitrogens with one attached hydrogen (secondary N) is 1. The molecule has 118 valence electrons. The molecule has 1 amide bonds. The molecule has 1 aromatic carbocycles. The fourth-order valence-electron chi connectivity index (χ4n) is 2.17. The number of aryl methyl sites for hydroxylation is 1. The number of halogens is 1. The second-order valence-electron chi connectivity index (χ2n) is 5.28. The summed E-state index contributed by atoms with van der Waals surface area (Å²) >= 11 is 5.94. The number of aromatic nitrogens is 2. The van der Waals surface area contributed by atoms with Gasteiger partial charge in [-0.25, -0.2) is 0 Å². The van der Waals surface area contributed by atoms with Gasteiger partial charge in [0.25, 0.3) is 0 Å². The van der Waals surface area contributed by atoms with Crippen molar-refractivity contribution in [1.29, 1.82) is 0 Å². The Morgan fingerprint density at radius 2 is 2.27 bits per heavy atom. The Balaban J connectivity index is 1.88. The second-order valence-corrected chi connectivity index (χ2v) is 5.72. The van der Waals surface area contributed by atoms with Crippen LogP contribution in [-0.4, -0.2) is 22.1 Å². The second kappa shape index (κ2) is 7.94. The molecule has 5 nitrogen and oxygen atoms in total. The van der Waals surface area contributed by atoms with E-state index in [0.717, 1.165) is 18.4 Å². The zero-order valence-electron chi connectivity index (χ0n) is 12.8. The summed E-state index contributed by atoms with van der Waals surface area (Å²) in [5.74, 6) is 0.939. The molecule has 0 bridgehead atoms. The van der Waals surface area contributed by atoms with Crippen molar-refractivity contribution in [2.45, 2.75) is 45.6 Å². The topological polar surface area (TPSA) is 68.0 Å². The van der Waals surface area contributed by atoms with Crippen LogP contribution in [-0.2, 0) is 11.2 Å². The van der Waals surface area contributed by atoms with Crippen LogP contribution in [0.15, 0.2) is 28.8 Å². The van der Waals surface area contributed by atoms with E-state index >= 15 is 0 Å². The predicted octanol–water partition coefficient (Wildman–Crippen LogP) is 3.63. The first-order chi connectivity index (χ1) is 10.6. The van der Waals surface area contributed by atoms with Crippen LogP contribution in [0.4, 0.5) is 0 Å². The number of benzene rings is 1. The first-order valence-electron chi connectivity index (χ1n) is 7.46. The molecule has 0 radical (unpaired) electrons. The largest absolute Gasteiger partial charge is 0.354 e. The zero-order chi connectivity index (χ0) is 15.9. The molecule has 1 aromatic heterocycles. The highest BCUT2D eigenvalue weighted by atomic mass is 35.5. The lowest BCUT2D eigenvalue weighted by Crippen LogP contribution is -2.32. The fraction of sp³-hybridized carbons (Fsp3) is 0.438. The molecule has 1 atom stereocenters. The monoisotopic (exact) mass is 321 g/mol. The van der Waals surface area contributed by atoms with Crippen molar-refractivity contribution in [3.63, 3.8) is 0 Å². The smallest absolute Gasteiger partial charge is 0.227 e. The van der Waals surface area contributed by atoms with Gasteiger partial charge < -0.3 is 9.84 Å². The molecule has 0 aliphatic rings. The van der Waals surface area contributed by atoms with Crippen molar-refractivity contribution in [1.82, 2.24) is 15.5 Å². The summed E-state index contributed by atoms with van der Waals surface area (Å²) in [7, 11) is 0. The Labute approximate surface area is 135 Å². The summed E-state index contributed by atoms with van der Waals surface area (Å²) in [6.45, 7) is 4.10. The van der Waals surface area contributed by atoms with Gasteiger partial charge in [0.05, 0.1) is 0 Å². The van der Waals surface area contributed by atoms with Crippen molar-refractivity contribution < 1.29 is 9.32 Å². The average molecular weight is 322 g/mol. The minimum atomic E-state index is 0.00320. The molecule has 0 saturated carbocycles. The molecule has 0 aliphatic carbocycles. The van der Waals surface area contributed by atoms with Gasteiger partial charge in [0.2, 0.25) is 17.6 Å². The van der Waals surface area contributed by atoms with E-state index in [1.807, 2.05) is 19.1 Å². The van der Waals surface area contributed by atoms with Crippen molar-refractivity contribution in [2.75, 3.05) is 0 Å². The van der Waals surface area contributed by atoms with Crippen LogP contribution < -0.4 is 5.32 Å². The van der Waals surface area contributed by atoms with Crippen LogP contribution in [0.3, 0.4) is 0 Å². The number of carbonyl (C=O) groups is 1. The van der Waals surface area contributed by atoms with Crippen molar-refractivity contribution >= 4 is 17.5 Å². The number of amides is 1. The maximum atomic E-state index is 11.8. The van der Waals surface area contributed by atoms with E-state index in [9.17, 15) is 4.79 Å². The molecule has 0 spiro atoms. The maximum Gasteiger partial charge on any atom is 0.227 e. The van der Waals surface area contributed by atoms with Crippen LogP contribution in [0.5, 0.6) is 0 Å². The molecule has 1 heterocycles. The van der Waals surface area contributed by atoms with Crippen LogP contribution in [0.1, 0.15) is 39.0 Å². The highest BCUT2D eigenvalue weighted by molar-refractivity contribution is 6.30.